The number of hydrogen-bond donors (Lipinski definition) is 3. The standard InChI is InChI=1S/C9H13BN4O3/c11-2-6-1-8(15)14(5-6)9-12-3-7(4-13-9)10(16)17/h3-4,6,16-17H,1-2,5,11H2. The van der Waals surface area contributed by atoms with Crippen LogP contribution < -0.4 is 16.1 Å². The zero-order valence-electron chi connectivity index (χ0n) is 9.15. The van der Waals surface area contributed by atoms with Gasteiger partial charge in [0.15, 0.2) is 0 Å². The molecule has 1 atom stereocenters. The van der Waals surface area contributed by atoms with Crippen LogP contribution in [0.15, 0.2) is 12.4 Å². The van der Waals surface area contributed by atoms with Gasteiger partial charge in [-0.25, -0.2) is 9.97 Å². The third-order valence-corrected chi connectivity index (χ3v) is 2.74. The molecule has 4 N–H and O–H groups in total. The highest BCUT2D eigenvalue weighted by molar-refractivity contribution is 6.58. The van der Waals surface area contributed by atoms with Gasteiger partial charge in [0, 0.05) is 30.8 Å². The van der Waals surface area contributed by atoms with Crippen LogP contribution in [0.1, 0.15) is 6.42 Å². The van der Waals surface area contributed by atoms with Crippen molar-refractivity contribution in [1.29, 1.82) is 0 Å². The lowest BCUT2D eigenvalue weighted by Gasteiger charge is -2.13. The summed E-state index contributed by atoms with van der Waals surface area (Å²) in [4.78, 5) is 21.0. The largest absolute Gasteiger partial charge is 0.491 e. The molecular formula is C9H13BN4O3. The topological polar surface area (TPSA) is 113 Å². The summed E-state index contributed by atoms with van der Waals surface area (Å²) in [5, 5.41) is 17.8. The fourth-order valence-corrected chi connectivity index (χ4v) is 1.74. The summed E-state index contributed by atoms with van der Waals surface area (Å²) in [6, 6.07) is 0. The molecule has 90 valence electrons. The Hall–Kier alpha value is -1.51. The number of carbonyl (C=O) groups is 1. The molecule has 1 fully saturated rings. The average molecular weight is 236 g/mol. The van der Waals surface area contributed by atoms with E-state index in [0.29, 0.717) is 19.5 Å². The van der Waals surface area contributed by atoms with Crippen molar-refractivity contribution in [1.82, 2.24) is 9.97 Å². The lowest BCUT2D eigenvalue weighted by molar-refractivity contribution is -0.117. The molecule has 8 heteroatoms. The highest BCUT2D eigenvalue weighted by atomic mass is 16.4. The van der Waals surface area contributed by atoms with Crippen molar-refractivity contribution in [3.63, 3.8) is 0 Å². The van der Waals surface area contributed by atoms with Crippen molar-refractivity contribution in [2.75, 3.05) is 18.0 Å². The van der Waals surface area contributed by atoms with Gasteiger partial charge in [0.1, 0.15) is 0 Å². The number of nitrogens with zero attached hydrogens (tertiary/aromatic N) is 3. The molecule has 1 aliphatic rings. The molecule has 0 spiro atoms. The maximum atomic E-state index is 11.7. The fourth-order valence-electron chi connectivity index (χ4n) is 1.74. The molecule has 0 radical (unpaired) electrons. The summed E-state index contributed by atoms with van der Waals surface area (Å²) in [7, 11) is -1.60. The molecule has 1 saturated heterocycles. The van der Waals surface area contributed by atoms with E-state index < -0.39 is 7.12 Å². The van der Waals surface area contributed by atoms with E-state index in [2.05, 4.69) is 9.97 Å². The van der Waals surface area contributed by atoms with E-state index in [4.69, 9.17) is 15.8 Å². The Morgan fingerprint density at radius 1 is 1.47 bits per heavy atom. The van der Waals surface area contributed by atoms with E-state index in [0.717, 1.165) is 0 Å². The normalized spacial score (nSPS) is 19.8. The maximum absolute atomic E-state index is 11.7. The number of anilines is 1. The summed E-state index contributed by atoms with van der Waals surface area (Å²) in [6.45, 7) is 0.964. The van der Waals surface area contributed by atoms with Crippen molar-refractivity contribution < 1.29 is 14.8 Å². The van der Waals surface area contributed by atoms with Crippen LogP contribution in [0, 0.1) is 5.92 Å². The number of carbonyl (C=O) groups excluding carboxylic acids is 1. The highest BCUT2D eigenvalue weighted by Gasteiger charge is 2.31. The second kappa shape index (κ2) is 4.78. The number of hydrogen-bond acceptors (Lipinski definition) is 6. The van der Waals surface area contributed by atoms with E-state index in [9.17, 15) is 4.79 Å². The first-order valence-electron chi connectivity index (χ1n) is 5.30. The van der Waals surface area contributed by atoms with Crippen LogP contribution in [0.5, 0.6) is 0 Å². The van der Waals surface area contributed by atoms with Crippen molar-refractivity contribution in [2.24, 2.45) is 11.7 Å². The molecule has 1 aromatic rings. The van der Waals surface area contributed by atoms with E-state index >= 15 is 0 Å². The summed E-state index contributed by atoms with van der Waals surface area (Å²) >= 11 is 0. The molecule has 0 saturated carbocycles. The Morgan fingerprint density at radius 2 is 2.12 bits per heavy atom. The first kappa shape index (κ1) is 12.0. The molecule has 0 bridgehead atoms. The van der Waals surface area contributed by atoms with Gasteiger partial charge in [-0.1, -0.05) is 0 Å². The molecule has 2 heterocycles. The second-order valence-electron chi connectivity index (χ2n) is 4.00. The molecule has 0 aromatic carbocycles. The third kappa shape index (κ3) is 2.43. The molecule has 17 heavy (non-hydrogen) atoms. The van der Waals surface area contributed by atoms with Gasteiger partial charge in [-0.2, -0.15) is 0 Å². The van der Waals surface area contributed by atoms with Gasteiger partial charge in [0.05, 0.1) is 0 Å². The Bertz CT molecular complexity index is 411. The highest BCUT2D eigenvalue weighted by Crippen LogP contribution is 2.20. The van der Waals surface area contributed by atoms with Gasteiger partial charge in [-0.3, -0.25) is 9.69 Å². The summed E-state index contributed by atoms with van der Waals surface area (Å²) in [5.41, 5.74) is 5.70. The van der Waals surface area contributed by atoms with Crippen molar-refractivity contribution in [3.8, 4) is 0 Å². The van der Waals surface area contributed by atoms with Crippen LogP contribution in [0.2, 0.25) is 0 Å². The molecule has 0 aliphatic carbocycles. The maximum Gasteiger partial charge on any atom is 0.491 e. The Labute approximate surface area is 98.4 Å². The van der Waals surface area contributed by atoms with Crippen LogP contribution in [-0.2, 0) is 4.79 Å². The lowest BCUT2D eigenvalue weighted by Crippen LogP contribution is -2.33. The first-order chi connectivity index (χ1) is 8.11. The molecule has 1 aromatic heterocycles. The molecule has 1 unspecified atom stereocenters. The number of amides is 1. The van der Waals surface area contributed by atoms with Crippen LogP contribution in [0.25, 0.3) is 0 Å². The predicted molar refractivity (Wildman–Crippen MR) is 61.4 cm³/mol. The molecule has 1 amide bonds. The van der Waals surface area contributed by atoms with Gasteiger partial charge in [0.25, 0.3) is 0 Å². The minimum atomic E-state index is -1.60. The average Bonchev–Trinajstić information content (AvgIpc) is 2.71. The first-order valence-corrected chi connectivity index (χ1v) is 5.30. The van der Waals surface area contributed by atoms with Crippen molar-refractivity contribution in [2.45, 2.75) is 6.42 Å². The quantitative estimate of drug-likeness (QED) is 0.499. The lowest BCUT2D eigenvalue weighted by atomic mass is 9.83. The van der Waals surface area contributed by atoms with Gasteiger partial charge in [0.2, 0.25) is 11.9 Å². The van der Waals surface area contributed by atoms with Crippen LogP contribution in [-0.4, -0.2) is 46.1 Å². The zero-order valence-corrected chi connectivity index (χ0v) is 9.15. The summed E-state index contributed by atoms with van der Waals surface area (Å²) in [6.07, 6.45) is 2.98. The zero-order chi connectivity index (χ0) is 12.4. The van der Waals surface area contributed by atoms with Gasteiger partial charge >= 0.3 is 7.12 Å². The van der Waals surface area contributed by atoms with Gasteiger partial charge < -0.3 is 15.8 Å². The number of aromatic nitrogens is 2. The van der Waals surface area contributed by atoms with Crippen molar-refractivity contribution >= 4 is 24.4 Å². The Balaban J connectivity index is 2.15. The molecule has 2 rings (SSSR count). The van der Waals surface area contributed by atoms with Gasteiger partial charge in [-0.15, -0.1) is 0 Å². The molecular weight excluding hydrogens is 223 g/mol. The predicted octanol–water partition coefficient (Wildman–Crippen LogP) is -2.53. The molecule has 1 aliphatic heterocycles. The van der Waals surface area contributed by atoms with Crippen LogP contribution in [0.4, 0.5) is 5.95 Å². The van der Waals surface area contributed by atoms with E-state index in [-0.39, 0.29) is 23.2 Å². The smallest absolute Gasteiger partial charge is 0.423 e. The monoisotopic (exact) mass is 236 g/mol. The fraction of sp³-hybridized carbons (Fsp3) is 0.444. The van der Waals surface area contributed by atoms with E-state index in [1.807, 2.05) is 0 Å². The minimum Gasteiger partial charge on any atom is -0.423 e. The number of rotatable bonds is 3. The van der Waals surface area contributed by atoms with E-state index in [1.54, 1.807) is 0 Å². The second-order valence-corrected chi connectivity index (χ2v) is 4.00. The SMILES string of the molecule is NCC1CC(=O)N(c2ncc(B(O)O)cn2)C1. The van der Waals surface area contributed by atoms with E-state index in [1.165, 1.54) is 17.3 Å². The van der Waals surface area contributed by atoms with Crippen LogP contribution >= 0.6 is 0 Å². The summed E-state index contributed by atoms with van der Waals surface area (Å²) in [5.74, 6) is 0.349. The van der Waals surface area contributed by atoms with Crippen molar-refractivity contribution in [3.05, 3.63) is 12.4 Å². The minimum absolute atomic E-state index is 0.0576. The molecule has 7 nitrogen and oxygen atoms in total. The Morgan fingerprint density at radius 3 is 2.59 bits per heavy atom. The number of nitrogens with two attached hydrogens (primary N) is 1. The van der Waals surface area contributed by atoms with Gasteiger partial charge in [-0.05, 0) is 12.5 Å². The Kier molecular flexibility index (Phi) is 3.37. The third-order valence-electron chi connectivity index (χ3n) is 2.74. The van der Waals surface area contributed by atoms with Crippen LogP contribution in [0.3, 0.4) is 0 Å². The summed E-state index contributed by atoms with van der Waals surface area (Å²) < 4.78 is 0.